The molecule has 4 rings (SSSR count). The number of rotatable bonds is 2. The van der Waals surface area contributed by atoms with Crippen molar-refractivity contribution in [2.45, 2.75) is 6.92 Å². The number of aryl methyl sites for hydroxylation is 1. The van der Waals surface area contributed by atoms with E-state index in [1.54, 1.807) is 19.1 Å². The van der Waals surface area contributed by atoms with E-state index >= 15 is 0 Å². The van der Waals surface area contributed by atoms with Crippen molar-refractivity contribution in [1.29, 1.82) is 5.26 Å². The number of aromatic nitrogens is 4. The SMILES string of the molecule is Cc1cc(C#N)c(O)c2c(=O)oc(-c3cc(Cl)nn3-c3ncccc3Cl)nc12. The van der Waals surface area contributed by atoms with E-state index in [0.29, 0.717) is 10.6 Å². The average molecular weight is 414 g/mol. The number of pyridine rings is 1. The highest BCUT2D eigenvalue weighted by atomic mass is 35.5. The highest BCUT2D eigenvalue weighted by Crippen LogP contribution is 2.31. The summed E-state index contributed by atoms with van der Waals surface area (Å²) in [6.45, 7) is 1.67. The van der Waals surface area contributed by atoms with Crippen LogP contribution in [0.2, 0.25) is 10.2 Å². The molecule has 0 aliphatic carbocycles. The van der Waals surface area contributed by atoms with Gasteiger partial charge >= 0.3 is 5.63 Å². The molecule has 1 N–H and O–H groups in total. The Balaban J connectivity index is 2.03. The molecule has 3 aromatic heterocycles. The van der Waals surface area contributed by atoms with E-state index in [1.165, 1.54) is 23.0 Å². The Kier molecular flexibility index (Phi) is 4.26. The summed E-state index contributed by atoms with van der Waals surface area (Å²) in [4.78, 5) is 21.1. The number of hydrogen-bond acceptors (Lipinski definition) is 7. The van der Waals surface area contributed by atoms with Crippen LogP contribution in [0.1, 0.15) is 11.1 Å². The molecule has 3 heterocycles. The summed E-state index contributed by atoms with van der Waals surface area (Å²) in [6, 6.07) is 7.99. The maximum atomic E-state index is 12.6. The normalized spacial score (nSPS) is 10.9. The van der Waals surface area contributed by atoms with Crippen LogP contribution in [0.4, 0.5) is 0 Å². The van der Waals surface area contributed by atoms with Crippen molar-refractivity contribution in [3.05, 3.63) is 62.2 Å². The van der Waals surface area contributed by atoms with Crippen molar-refractivity contribution in [3.8, 4) is 29.2 Å². The molecule has 0 amide bonds. The van der Waals surface area contributed by atoms with Gasteiger partial charge in [0.1, 0.15) is 22.9 Å². The smallest absolute Gasteiger partial charge is 0.351 e. The third-order valence-corrected chi connectivity index (χ3v) is 4.51. The first-order chi connectivity index (χ1) is 13.4. The molecule has 0 aliphatic rings. The summed E-state index contributed by atoms with van der Waals surface area (Å²) in [5.74, 6) is -0.295. The van der Waals surface area contributed by atoms with Crippen LogP contribution < -0.4 is 5.63 Å². The average Bonchev–Trinajstić information content (AvgIpc) is 3.06. The summed E-state index contributed by atoms with van der Waals surface area (Å²) in [5, 5.41) is 23.7. The highest BCUT2D eigenvalue weighted by Gasteiger charge is 2.21. The van der Waals surface area contributed by atoms with Crippen LogP contribution in [-0.2, 0) is 0 Å². The molecule has 8 nitrogen and oxygen atoms in total. The first-order valence-corrected chi connectivity index (χ1v) is 8.60. The standard InChI is InChI=1S/C18H9Cl2N5O3/c1-8-5-9(7-21)15(26)13-14(8)23-17(28-18(13)27)11-6-12(20)24-25(11)16-10(19)3-2-4-22-16/h2-6,26H,1H3. The quantitative estimate of drug-likeness (QED) is 0.532. The third kappa shape index (κ3) is 2.78. The molecule has 1 aromatic carbocycles. The Morgan fingerprint density at radius 2 is 2.11 bits per heavy atom. The Morgan fingerprint density at radius 1 is 1.32 bits per heavy atom. The number of halogens is 2. The van der Waals surface area contributed by atoms with Gasteiger partial charge in [0, 0.05) is 12.3 Å². The molecule has 0 spiro atoms. The Morgan fingerprint density at radius 3 is 2.82 bits per heavy atom. The first kappa shape index (κ1) is 18.0. The minimum Gasteiger partial charge on any atom is -0.506 e. The van der Waals surface area contributed by atoms with E-state index in [1.807, 2.05) is 6.07 Å². The molecular weight excluding hydrogens is 405 g/mol. The lowest BCUT2D eigenvalue weighted by Crippen LogP contribution is -2.08. The zero-order valence-corrected chi connectivity index (χ0v) is 15.7. The molecule has 0 saturated carbocycles. The number of hydrogen-bond donors (Lipinski definition) is 1. The van der Waals surface area contributed by atoms with Crippen LogP contribution in [0, 0.1) is 18.3 Å². The fourth-order valence-electron chi connectivity index (χ4n) is 2.79. The number of aromatic hydroxyl groups is 1. The van der Waals surface area contributed by atoms with Crippen molar-refractivity contribution < 1.29 is 9.52 Å². The topological polar surface area (TPSA) is 118 Å². The lowest BCUT2D eigenvalue weighted by Gasteiger charge is -2.09. The van der Waals surface area contributed by atoms with Crippen LogP contribution >= 0.6 is 23.2 Å². The zero-order chi connectivity index (χ0) is 20.0. The minimum absolute atomic E-state index is 0.0415. The number of nitrogens with zero attached hydrogens (tertiary/aromatic N) is 5. The summed E-state index contributed by atoms with van der Waals surface area (Å²) in [6.07, 6.45) is 1.52. The Hall–Kier alpha value is -3.41. The first-order valence-electron chi connectivity index (χ1n) is 7.85. The molecular formula is C18H9Cl2N5O3. The molecule has 0 unspecified atom stereocenters. The van der Waals surface area contributed by atoms with Gasteiger partial charge in [-0.15, -0.1) is 0 Å². The molecule has 28 heavy (non-hydrogen) atoms. The van der Waals surface area contributed by atoms with Crippen molar-refractivity contribution >= 4 is 34.1 Å². The minimum atomic E-state index is -0.853. The number of fused-ring (bicyclic) bond motifs is 1. The summed E-state index contributed by atoms with van der Waals surface area (Å²) < 4.78 is 6.61. The fraction of sp³-hybridized carbons (Fsp3) is 0.0556. The van der Waals surface area contributed by atoms with Gasteiger partial charge in [-0.2, -0.15) is 10.4 Å². The van der Waals surface area contributed by atoms with Gasteiger partial charge in [-0.25, -0.2) is 19.4 Å². The van der Waals surface area contributed by atoms with Gasteiger partial charge in [-0.1, -0.05) is 23.2 Å². The molecule has 0 aliphatic heterocycles. The van der Waals surface area contributed by atoms with E-state index in [9.17, 15) is 9.90 Å². The summed E-state index contributed by atoms with van der Waals surface area (Å²) >= 11 is 12.2. The lowest BCUT2D eigenvalue weighted by molar-refractivity contribution is 0.470. The monoisotopic (exact) mass is 413 g/mol. The van der Waals surface area contributed by atoms with Gasteiger partial charge in [0.25, 0.3) is 0 Å². The number of phenolic OH excluding ortho intramolecular Hbond substituents is 1. The van der Waals surface area contributed by atoms with Crippen molar-refractivity contribution in [3.63, 3.8) is 0 Å². The van der Waals surface area contributed by atoms with Gasteiger partial charge in [-0.05, 0) is 30.7 Å². The molecule has 0 fully saturated rings. The van der Waals surface area contributed by atoms with Crippen LogP contribution in [0.25, 0.3) is 28.3 Å². The lowest BCUT2D eigenvalue weighted by atomic mass is 10.1. The maximum absolute atomic E-state index is 12.6. The summed E-state index contributed by atoms with van der Waals surface area (Å²) in [7, 11) is 0. The second-order valence-electron chi connectivity index (χ2n) is 5.80. The molecule has 10 heteroatoms. The molecule has 0 atom stereocenters. The number of nitriles is 1. The van der Waals surface area contributed by atoms with Gasteiger partial charge in [0.2, 0.25) is 5.89 Å². The third-order valence-electron chi connectivity index (χ3n) is 4.03. The Bertz CT molecular complexity index is 1350. The van der Waals surface area contributed by atoms with Crippen molar-refractivity contribution in [2.24, 2.45) is 0 Å². The molecule has 0 bridgehead atoms. The maximum Gasteiger partial charge on any atom is 0.351 e. The van der Waals surface area contributed by atoms with E-state index in [-0.39, 0.29) is 39.0 Å². The molecule has 0 radical (unpaired) electrons. The highest BCUT2D eigenvalue weighted by molar-refractivity contribution is 6.32. The zero-order valence-electron chi connectivity index (χ0n) is 14.1. The van der Waals surface area contributed by atoms with Crippen LogP contribution in [0.5, 0.6) is 5.75 Å². The second kappa shape index (κ2) is 6.64. The van der Waals surface area contributed by atoms with Crippen LogP contribution in [-0.4, -0.2) is 24.9 Å². The van der Waals surface area contributed by atoms with Gasteiger partial charge in [-0.3, -0.25) is 0 Å². The van der Waals surface area contributed by atoms with Crippen LogP contribution in [0.3, 0.4) is 0 Å². The predicted molar refractivity (Wildman–Crippen MR) is 102 cm³/mol. The van der Waals surface area contributed by atoms with E-state index in [0.717, 1.165) is 0 Å². The van der Waals surface area contributed by atoms with E-state index in [4.69, 9.17) is 32.9 Å². The van der Waals surface area contributed by atoms with Crippen LogP contribution in [0.15, 0.2) is 39.7 Å². The van der Waals surface area contributed by atoms with E-state index in [2.05, 4.69) is 15.1 Å². The largest absolute Gasteiger partial charge is 0.506 e. The molecule has 0 saturated heterocycles. The van der Waals surface area contributed by atoms with Crippen molar-refractivity contribution in [2.75, 3.05) is 0 Å². The van der Waals surface area contributed by atoms with Gasteiger partial charge < -0.3 is 9.52 Å². The van der Waals surface area contributed by atoms with E-state index < -0.39 is 11.4 Å². The van der Waals surface area contributed by atoms with Gasteiger partial charge in [0.05, 0.1) is 16.1 Å². The Labute approximate surface area is 167 Å². The number of benzene rings is 1. The second-order valence-corrected chi connectivity index (χ2v) is 6.60. The summed E-state index contributed by atoms with van der Waals surface area (Å²) in [5.41, 5.74) is 0.0621. The van der Waals surface area contributed by atoms with Crippen molar-refractivity contribution in [1.82, 2.24) is 19.7 Å². The molecule has 138 valence electrons. The number of phenols is 1. The molecule has 4 aromatic rings. The fourth-order valence-corrected chi connectivity index (χ4v) is 3.17. The van der Waals surface area contributed by atoms with Gasteiger partial charge in [0.15, 0.2) is 11.0 Å². The predicted octanol–water partition coefficient (Wildman–Crippen LogP) is 3.63.